The molecule has 1 aromatic carbocycles. The first-order chi connectivity index (χ1) is 4.84. The van der Waals surface area contributed by atoms with Crippen LogP contribution in [0.2, 0.25) is 0 Å². The van der Waals surface area contributed by atoms with Gasteiger partial charge in [-0.25, -0.2) is 0 Å². The van der Waals surface area contributed by atoms with Crippen LogP contribution in [-0.2, 0) is 6.42 Å². The average molecular weight is 231 g/mol. The molecule has 60 valence electrons. The van der Waals surface area contributed by atoms with Crippen LogP contribution < -0.4 is 5.30 Å². The van der Waals surface area contributed by atoms with E-state index >= 15 is 0 Å². The standard InChI is InChI=1S/C9H11P.BrH/c1-2-5-8-6-3-4-7-9(8)10;/h2-4,6-7H,1,5,10H2;1H. The average Bonchev–Trinajstić information content (AvgIpc) is 1.94. The summed E-state index contributed by atoms with van der Waals surface area (Å²) in [5, 5.41) is 1.27. The molecule has 0 N–H and O–H groups in total. The molecular weight excluding hydrogens is 219 g/mol. The molecule has 1 unspecified atom stereocenters. The molecule has 0 fully saturated rings. The summed E-state index contributed by atoms with van der Waals surface area (Å²) in [7, 11) is 2.71. The lowest BCUT2D eigenvalue weighted by molar-refractivity contribution is 1.30. The molecule has 0 bridgehead atoms. The fourth-order valence-corrected chi connectivity index (χ4v) is 1.20. The van der Waals surface area contributed by atoms with Crippen molar-refractivity contribution in [3.8, 4) is 0 Å². The molecule has 1 aromatic rings. The Hall–Kier alpha value is -0.130. The first-order valence-electron chi connectivity index (χ1n) is 3.29. The molecule has 2 heteroatoms. The van der Waals surface area contributed by atoms with Gasteiger partial charge >= 0.3 is 0 Å². The number of allylic oxidation sites excluding steroid dienone is 1. The van der Waals surface area contributed by atoms with Crippen LogP contribution in [0.15, 0.2) is 36.9 Å². The van der Waals surface area contributed by atoms with Crippen molar-refractivity contribution in [2.24, 2.45) is 0 Å². The van der Waals surface area contributed by atoms with Gasteiger partial charge in [0.05, 0.1) is 0 Å². The SMILES string of the molecule is Br.C=CCc1ccccc1P. The summed E-state index contributed by atoms with van der Waals surface area (Å²) < 4.78 is 0. The maximum Gasteiger partial charge on any atom is -0.00940 e. The second kappa shape index (κ2) is 5.51. The van der Waals surface area contributed by atoms with Crippen LogP contribution in [-0.4, -0.2) is 0 Å². The Balaban J connectivity index is 0.000001000. The molecule has 0 aliphatic carbocycles. The zero-order chi connectivity index (χ0) is 7.40. The quantitative estimate of drug-likeness (QED) is 0.541. The molecule has 0 amide bonds. The van der Waals surface area contributed by atoms with Crippen molar-refractivity contribution in [2.45, 2.75) is 6.42 Å². The Morgan fingerprint density at radius 2 is 2.00 bits per heavy atom. The summed E-state index contributed by atoms with van der Waals surface area (Å²) in [6, 6.07) is 8.29. The summed E-state index contributed by atoms with van der Waals surface area (Å²) in [4.78, 5) is 0. The minimum atomic E-state index is 0. The van der Waals surface area contributed by atoms with Gasteiger partial charge in [0.2, 0.25) is 0 Å². The molecule has 0 aliphatic heterocycles. The number of hydrogen-bond donors (Lipinski definition) is 0. The third-order valence-corrected chi connectivity index (χ3v) is 1.98. The van der Waals surface area contributed by atoms with E-state index in [0.717, 1.165) is 6.42 Å². The summed E-state index contributed by atoms with van der Waals surface area (Å²) in [6.07, 6.45) is 2.88. The van der Waals surface area contributed by atoms with Gasteiger partial charge in [-0.2, -0.15) is 0 Å². The summed E-state index contributed by atoms with van der Waals surface area (Å²) in [5.74, 6) is 0. The minimum absolute atomic E-state index is 0. The lowest BCUT2D eigenvalue weighted by Gasteiger charge is -1.99. The number of benzene rings is 1. The highest BCUT2D eigenvalue weighted by atomic mass is 79.9. The van der Waals surface area contributed by atoms with Crippen molar-refractivity contribution in [1.29, 1.82) is 0 Å². The van der Waals surface area contributed by atoms with E-state index in [2.05, 4.69) is 28.0 Å². The molecule has 0 saturated heterocycles. The van der Waals surface area contributed by atoms with E-state index in [0.29, 0.717) is 0 Å². The van der Waals surface area contributed by atoms with Crippen LogP contribution in [0.3, 0.4) is 0 Å². The van der Waals surface area contributed by atoms with Crippen LogP contribution >= 0.6 is 26.2 Å². The summed E-state index contributed by atoms with van der Waals surface area (Å²) in [5.41, 5.74) is 1.34. The fourth-order valence-electron chi connectivity index (χ4n) is 0.876. The Labute approximate surface area is 80.7 Å². The first kappa shape index (κ1) is 10.9. The van der Waals surface area contributed by atoms with Crippen LogP contribution in [0, 0.1) is 0 Å². The lowest BCUT2D eigenvalue weighted by atomic mass is 10.1. The molecule has 0 spiro atoms. The third kappa shape index (κ3) is 3.18. The molecule has 1 rings (SSSR count). The van der Waals surface area contributed by atoms with E-state index in [1.54, 1.807) is 0 Å². The third-order valence-electron chi connectivity index (χ3n) is 1.42. The van der Waals surface area contributed by atoms with Gasteiger partial charge in [0.25, 0.3) is 0 Å². The first-order valence-corrected chi connectivity index (χ1v) is 3.86. The van der Waals surface area contributed by atoms with Crippen LogP contribution in [0.25, 0.3) is 0 Å². The highest BCUT2D eigenvalue weighted by Gasteiger charge is 1.91. The van der Waals surface area contributed by atoms with Crippen LogP contribution in [0.5, 0.6) is 0 Å². The Bertz CT molecular complexity index is 233. The van der Waals surface area contributed by atoms with Gasteiger partial charge in [0.1, 0.15) is 0 Å². The zero-order valence-electron chi connectivity index (χ0n) is 6.29. The maximum atomic E-state index is 3.69. The Kier molecular flexibility index (Phi) is 5.45. The Morgan fingerprint density at radius 3 is 2.55 bits per heavy atom. The van der Waals surface area contributed by atoms with Gasteiger partial charge in [-0.15, -0.1) is 32.8 Å². The topological polar surface area (TPSA) is 0 Å². The summed E-state index contributed by atoms with van der Waals surface area (Å²) >= 11 is 0. The maximum absolute atomic E-state index is 3.69. The van der Waals surface area contributed by atoms with E-state index in [1.165, 1.54) is 10.9 Å². The van der Waals surface area contributed by atoms with Crippen LogP contribution in [0.1, 0.15) is 5.56 Å². The molecular formula is C9H12BrP. The van der Waals surface area contributed by atoms with Gasteiger partial charge < -0.3 is 0 Å². The molecule has 0 radical (unpaired) electrons. The predicted molar refractivity (Wildman–Crippen MR) is 60.0 cm³/mol. The molecule has 0 aliphatic rings. The monoisotopic (exact) mass is 230 g/mol. The van der Waals surface area contributed by atoms with E-state index in [1.807, 2.05) is 18.2 Å². The van der Waals surface area contributed by atoms with E-state index < -0.39 is 0 Å². The van der Waals surface area contributed by atoms with Crippen molar-refractivity contribution >= 4 is 31.5 Å². The second-order valence-corrected chi connectivity index (χ2v) is 2.81. The van der Waals surface area contributed by atoms with Crippen molar-refractivity contribution in [2.75, 3.05) is 0 Å². The highest BCUT2D eigenvalue weighted by molar-refractivity contribution is 8.93. The van der Waals surface area contributed by atoms with Gasteiger partial charge in [0, 0.05) is 0 Å². The van der Waals surface area contributed by atoms with Crippen molar-refractivity contribution in [1.82, 2.24) is 0 Å². The smallest absolute Gasteiger partial charge is 0.00940 e. The fraction of sp³-hybridized carbons (Fsp3) is 0.111. The molecule has 11 heavy (non-hydrogen) atoms. The van der Waals surface area contributed by atoms with Crippen molar-refractivity contribution < 1.29 is 0 Å². The van der Waals surface area contributed by atoms with E-state index in [-0.39, 0.29) is 17.0 Å². The number of rotatable bonds is 2. The van der Waals surface area contributed by atoms with Gasteiger partial charge in [-0.05, 0) is 17.3 Å². The van der Waals surface area contributed by atoms with Gasteiger partial charge in [-0.1, -0.05) is 30.3 Å². The molecule has 0 saturated carbocycles. The van der Waals surface area contributed by atoms with Gasteiger partial charge in [0.15, 0.2) is 0 Å². The van der Waals surface area contributed by atoms with E-state index in [4.69, 9.17) is 0 Å². The predicted octanol–water partition coefficient (Wildman–Crippen LogP) is 2.49. The Morgan fingerprint density at radius 1 is 1.36 bits per heavy atom. The normalized spacial score (nSPS) is 8.45. The highest BCUT2D eigenvalue weighted by Crippen LogP contribution is 2.01. The minimum Gasteiger partial charge on any atom is -0.114 e. The van der Waals surface area contributed by atoms with Gasteiger partial charge in [-0.3, -0.25) is 0 Å². The number of hydrogen-bond acceptors (Lipinski definition) is 0. The summed E-state index contributed by atoms with van der Waals surface area (Å²) in [6.45, 7) is 3.69. The van der Waals surface area contributed by atoms with E-state index in [9.17, 15) is 0 Å². The lowest BCUT2D eigenvalue weighted by Crippen LogP contribution is -1.98. The molecule has 1 atom stereocenters. The molecule has 0 aromatic heterocycles. The molecule has 0 heterocycles. The van der Waals surface area contributed by atoms with Crippen molar-refractivity contribution in [3.05, 3.63) is 42.5 Å². The second-order valence-electron chi connectivity index (χ2n) is 2.19. The number of halogens is 1. The van der Waals surface area contributed by atoms with Crippen LogP contribution in [0.4, 0.5) is 0 Å². The van der Waals surface area contributed by atoms with Crippen molar-refractivity contribution in [3.63, 3.8) is 0 Å². The molecule has 0 nitrogen and oxygen atoms in total. The largest absolute Gasteiger partial charge is 0.114 e. The zero-order valence-corrected chi connectivity index (χ0v) is 9.15.